The maximum Gasteiger partial charge on any atom is 0.154 e. The first-order valence-electron chi connectivity index (χ1n) is 7.93. The third-order valence-corrected chi connectivity index (χ3v) is 4.44. The van der Waals surface area contributed by atoms with Crippen molar-refractivity contribution in [3.63, 3.8) is 0 Å². The van der Waals surface area contributed by atoms with Crippen LogP contribution in [0.5, 0.6) is 0 Å². The Morgan fingerprint density at radius 1 is 1.04 bits per heavy atom. The number of fused-ring (bicyclic) bond motifs is 1. The minimum atomic E-state index is -0.492. The average molecular weight is 350 g/mol. The molecule has 0 radical (unpaired) electrons. The van der Waals surface area contributed by atoms with E-state index in [2.05, 4.69) is 15.1 Å². The highest BCUT2D eigenvalue weighted by molar-refractivity contribution is 6.31. The Labute approximate surface area is 150 Å². The summed E-state index contributed by atoms with van der Waals surface area (Å²) < 4.78 is 1.76. The molecule has 0 spiro atoms. The van der Waals surface area contributed by atoms with Crippen molar-refractivity contribution in [2.24, 2.45) is 5.73 Å². The van der Waals surface area contributed by atoms with Gasteiger partial charge in [0.05, 0.1) is 17.2 Å². The zero-order valence-corrected chi connectivity index (χ0v) is 14.4. The summed E-state index contributed by atoms with van der Waals surface area (Å²) in [7, 11) is 0. The molecule has 4 aromatic rings. The van der Waals surface area contributed by atoms with Crippen LogP contribution in [0.25, 0.3) is 16.6 Å². The van der Waals surface area contributed by atoms with E-state index in [1.54, 1.807) is 10.9 Å². The summed E-state index contributed by atoms with van der Waals surface area (Å²) in [5, 5.41) is 6.19. The van der Waals surface area contributed by atoms with E-state index in [4.69, 9.17) is 17.3 Å². The molecule has 25 heavy (non-hydrogen) atoms. The van der Waals surface area contributed by atoms with E-state index in [0.717, 1.165) is 22.2 Å². The second kappa shape index (κ2) is 6.27. The predicted octanol–water partition coefficient (Wildman–Crippen LogP) is 3.83. The average Bonchev–Trinajstić information content (AvgIpc) is 3.02. The summed E-state index contributed by atoms with van der Waals surface area (Å²) in [6.45, 7) is 1.85. The van der Waals surface area contributed by atoms with E-state index >= 15 is 0 Å². The summed E-state index contributed by atoms with van der Waals surface area (Å²) in [6.07, 6.45) is 1.77. The first-order valence-corrected chi connectivity index (χ1v) is 8.30. The van der Waals surface area contributed by atoms with Crippen LogP contribution in [-0.2, 0) is 0 Å². The summed E-state index contributed by atoms with van der Waals surface area (Å²) in [6, 6.07) is 16.9. The molecule has 1 atom stereocenters. The minimum Gasteiger partial charge on any atom is -0.318 e. The fourth-order valence-corrected chi connectivity index (χ4v) is 3.19. The fourth-order valence-electron chi connectivity index (χ4n) is 2.94. The van der Waals surface area contributed by atoms with Crippen LogP contribution < -0.4 is 5.73 Å². The Morgan fingerprint density at radius 3 is 2.68 bits per heavy atom. The molecule has 0 fully saturated rings. The Kier molecular flexibility index (Phi) is 3.95. The van der Waals surface area contributed by atoms with Crippen LogP contribution in [0.15, 0.2) is 60.8 Å². The molecule has 2 heterocycles. The summed E-state index contributed by atoms with van der Waals surface area (Å²) in [4.78, 5) is 9.05. The van der Waals surface area contributed by atoms with Crippen molar-refractivity contribution < 1.29 is 0 Å². The first kappa shape index (κ1) is 15.7. The van der Waals surface area contributed by atoms with E-state index in [1.165, 1.54) is 0 Å². The second-order valence-corrected chi connectivity index (χ2v) is 6.19. The molecular formula is C19H16ClN5. The van der Waals surface area contributed by atoms with Gasteiger partial charge in [0.15, 0.2) is 5.82 Å². The molecule has 0 aliphatic carbocycles. The third kappa shape index (κ3) is 2.77. The van der Waals surface area contributed by atoms with Crippen molar-refractivity contribution in [2.45, 2.75) is 13.0 Å². The SMILES string of the molecule is Cc1nc([C@@H](N)c2ccccc2Cl)n(-c2cccc3cccnc23)n1. The number of aryl methyl sites for hydroxylation is 1. The lowest BCUT2D eigenvalue weighted by Gasteiger charge is -2.15. The number of rotatable bonds is 3. The summed E-state index contributed by atoms with van der Waals surface area (Å²) >= 11 is 6.32. The quantitative estimate of drug-likeness (QED) is 0.610. The normalized spacial score (nSPS) is 12.4. The number of hydrogen-bond donors (Lipinski definition) is 1. The van der Waals surface area contributed by atoms with Gasteiger partial charge in [0, 0.05) is 16.6 Å². The molecular weight excluding hydrogens is 334 g/mol. The third-order valence-electron chi connectivity index (χ3n) is 4.10. The number of benzene rings is 2. The van der Waals surface area contributed by atoms with E-state index in [9.17, 15) is 0 Å². The number of aromatic nitrogens is 4. The molecule has 2 aromatic heterocycles. The molecule has 0 aliphatic heterocycles. The second-order valence-electron chi connectivity index (χ2n) is 5.78. The minimum absolute atomic E-state index is 0.492. The zero-order chi connectivity index (χ0) is 17.4. The van der Waals surface area contributed by atoms with Crippen molar-refractivity contribution in [1.82, 2.24) is 19.7 Å². The van der Waals surface area contributed by atoms with Crippen LogP contribution in [0.2, 0.25) is 5.02 Å². The predicted molar refractivity (Wildman–Crippen MR) is 98.9 cm³/mol. The van der Waals surface area contributed by atoms with Gasteiger partial charge in [0.25, 0.3) is 0 Å². The molecule has 5 nitrogen and oxygen atoms in total. The zero-order valence-electron chi connectivity index (χ0n) is 13.6. The van der Waals surface area contributed by atoms with Gasteiger partial charge in [-0.1, -0.05) is 48.0 Å². The monoisotopic (exact) mass is 349 g/mol. The highest BCUT2D eigenvalue weighted by atomic mass is 35.5. The van der Waals surface area contributed by atoms with Gasteiger partial charge in [-0.05, 0) is 30.7 Å². The standard InChI is InChI=1S/C19H16ClN5/c1-12-23-19(17(21)14-8-2-3-9-15(14)20)25(24-12)16-10-4-6-13-7-5-11-22-18(13)16/h2-11,17H,21H2,1H3/t17-/m0/s1. The van der Waals surface area contributed by atoms with E-state index in [0.29, 0.717) is 16.7 Å². The molecule has 0 unspecified atom stereocenters. The van der Waals surface area contributed by atoms with E-state index < -0.39 is 6.04 Å². The summed E-state index contributed by atoms with van der Waals surface area (Å²) in [5.41, 5.74) is 8.99. The summed E-state index contributed by atoms with van der Waals surface area (Å²) in [5.74, 6) is 1.27. The number of nitrogens with two attached hydrogens (primary N) is 1. The van der Waals surface area contributed by atoms with Crippen molar-refractivity contribution >= 4 is 22.5 Å². The van der Waals surface area contributed by atoms with Gasteiger partial charge in [-0.15, -0.1) is 0 Å². The molecule has 0 amide bonds. The van der Waals surface area contributed by atoms with Crippen LogP contribution in [0.3, 0.4) is 0 Å². The molecule has 6 heteroatoms. The maximum atomic E-state index is 6.48. The Hall–Kier alpha value is -2.76. The number of nitrogens with zero attached hydrogens (tertiary/aromatic N) is 4. The number of para-hydroxylation sites is 1. The molecule has 0 bridgehead atoms. The van der Waals surface area contributed by atoms with Crippen molar-refractivity contribution in [3.05, 3.63) is 83.0 Å². The molecule has 4 rings (SSSR count). The fraction of sp³-hybridized carbons (Fsp3) is 0.105. The van der Waals surface area contributed by atoms with Gasteiger partial charge in [0.1, 0.15) is 5.82 Å². The largest absolute Gasteiger partial charge is 0.318 e. The van der Waals surface area contributed by atoms with Crippen molar-refractivity contribution in [1.29, 1.82) is 0 Å². The lowest BCUT2D eigenvalue weighted by molar-refractivity contribution is 0.721. The van der Waals surface area contributed by atoms with E-state index in [1.807, 2.05) is 61.5 Å². The van der Waals surface area contributed by atoms with Crippen LogP contribution in [0.1, 0.15) is 23.3 Å². The maximum absolute atomic E-state index is 6.48. The molecule has 0 aliphatic rings. The van der Waals surface area contributed by atoms with Crippen LogP contribution >= 0.6 is 11.6 Å². The van der Waals surface area contributed by atoms with Gasteiger partial charge in [-0.3, -0.25) is 4.98 Å². The lowest BCUT2D eigenvalue weighted by Crippen LogP contribution is -2.18. The Bertz CT molecular complexity index is 1050. The smallest absolute Gasteiger partial charge is 0.154 e. The highest BCUT2D eigenvalue weighted by Crippen LogP contribution is 2.28. The van der Waals surface area contributed by atoms with Crippen molar-refractivity contribution in [3.8, 4) is 5.69 Å². The van der Waals surface area contributed by atoms with Gasteiger partial charge < -0.3 is 5.73 Å². The first-order chi connectivity index (χ1) is 12.1. The highest BCUT2D eigenvalue weighted by Gasteiger charge is 2.21. The van der Waals surface area contributed by atoms with Crippen LogP contribution in [0.4, 0.5) is 0 Å². The van der Waals surface area contributed by atoms with Crippen molar-refractivity contribution in [2.75, 3.05) is 0 Å². The number of hydrogen-bond acceptors (Lipinski definition) is 4. The molecule has 0 saturated heterocycles. The van der Waals surface area contributed by atoms with Gasteiger partial charge in [-0.2, -0.15) is 5.10 Å². The Morgan fingerprint density at radius 2 is 1.84 bits per heavy atom. The van der Waals surface area contributed by atoms with E-state index in [-0.39, 0.29) is 0 Å². The topological polar surface area (TPSA) is 69.6 Å². The lowest BCUT2D eigenvalue weighted by atomic mass is 10.1. The van der Waals surface area contributed by atoms with Crippen LogP contribution in [0, 0.1) is 6.92 Å². The molecule has 2 aromatic carbocycles. The van der Waals surface area contributed by atoms with Gasteiger partial charge in [-0.25, -0.2) is 9.67 Å². The van der Waals surface area contributed by atoms with Gasteiger partial charge in [0.2, 0.25) is 0 Å². The van der Waals surface area contributed by atoms with Crippen LogP contribution in [-0.4, -0.2) is 19.7 Å². The molecule has 2 N–H and O–H groups in total. The number of pyridine rings is 1. The van der Waals surface area contributed by atoms with Gasteiger partial charge >= 0.3 is 0 Å². The molecule has 124 valence electrons. The molecule has 0 saturated carbocycles. The Balaban J connectivity index is 1.91. The number of halogens is 1.